The number of aromatic carboxylic acids is 1. The number of hydrogen-bond acceptors (Lipinski definition) is 4. The molecule has 0 aliphatic heterocycles. The van der Waals surface area contributed by atoms with Gasteiger partial charge in [0.15, 0.2) is 0 Å². The first-order valence-electron chi connectivity index (χ1n) is 7.09. The van der Waals surface area contributed by atoms with Gasteiger partial charge in [0.25, 0.3) is 5.91 Å². The lowest BCUT2D eigenvalue weighted by Crippen LogP contribution is -2.42. The van der Waals surface area contributed by atoms with Crippen molar-refractivity contribution in [2.24, 2.45) is 0 Å². The molecule has 6 heteroatoms. The zero-order chi connectivity index (χ0) is 15.3. The number of hydrogen-bond donors (Lipinski definition) is 2. The quantitative estimate of drug-likeness (QED) is 0.874. The molecule has 2 N–H and O–H groups in total. The standard InChI is InChI=1S/C15H20N2O3S/c1-21-15(7-3-2-4-8-15)10-17-13(18)12-6-5-11(9-16-12)14(19)20/h5-6,9H,2-4,7-8,10H2,1H3,(H,17,18)(H,19,20). The molecule has 1 aromatic heterocycles. The summed E-state index contributed by atoms with van der Waals surface area (Å²) in [6, 6.07) is 2.85. The summed E-state index contributed by atoms with van der Waals surface area (Å²) >= 11 is 1.82. The van der Waals surface area contributed by atoms with Gasteiger partial charge in [-0.1, -0.05) is 19.3 Å². The molecule has 0 aromatic carbocycles. The molecule has 1 heterocycles. The van der Waals surface area contributed by atoms with Crippen molar-refractivity contribution in [3.8, 4) is 0 Å². The lowest BCUT2D eigenvalue weighted by Gasteiger charge is -2.35. The summed E-state index contributed by atoms with van der Waals surface area (Å²) < 4.78 is 0.134. The molecule has 0 bridgehead atoms. The third kappa shape index (κ3) is 3.97. The van der Waals surface area contributed by atoms with E-state index in [1.165, 1.54) is 37.6 Å². The number of pyridine rings is 1. The van der Waals surface area contributed by atoms with E-state index in [1.807, 2.05) is 11.8 Å². The summed E-state index contributed by atoms with van der Waals surface area (Å²) in [5, 5.41) is 11.7. The minimum atomic E-state index is -1.04. The highest BCUT2D eigenvalue weighted by Crippen LogP contribution is 2.37. The molecule has 1 fully saturated rings. The summed E-state index contributed by atoms with van der Waals surface area (Å²) in [6.07, 6.45) is 9.25. The summed E-state index contributed by atoms with van der Waals surface area (Å²) in [6.45, 7) is 0.634. The Hall–Kier alpha value is -1.56. The number of carboxylic acid groups (broad SMARTS) is 1. The minimum absolute atomic E-state index is 0.0828. The number of carbonyl (C=O) groups excluding carboxylic acids is 1. The Morgan fingerprint density at radius 2 is 2.05 bits per heavy atom. The van der Waals surface area contributed by atoms with Crippen LogP contribution < -0.4 is 5.32 Å². The number of nitrogens with zero attached hydrogens (tertiary/aromatic N) is 1. The number of nitrogens with one attached hydrogen (secondary N) is 1. The van der Waals surface area contributed by atoms with Crippen molar-refractivity contribution in [1.29, 1.82) is 0 Å². The monoisotopic (exact) mass is 308 g/mol. The Bertz CT molecular complexity index is 510. The van der Waals surface area contributed by atoms with Gasteiger partial charge in [-0.15, -0.1) is 0 Å². The van der Waals surface area contributed by atoms with Crippen LogP contribution in [0.4, 0.5) is 0 Å². The van der Waals surface area contributed by atoms with Crippen molar-refractivity contribution in [2.75, 3.05) is 12.8 Å². The maximum Gasteiger partial charge on any atom is 0.337 e. The summed E-state index contributed by atoms with van der Waals surface area (Å²) in [7, 11) is 0. The van der Waals surface area contributed by atoms with Gasteiger partial charge in [-0.05, 0) is 31.2 Å². The number of carboxylic acids is 1. The Kier molecular flexibility index (Phi) is 5.22. The lowest BCUT2D eigenvalue weighted by atomic mass is 9.88. The highest BCUT2D eigenvalue weighted by molar-refractivity contribution is 8.00. The molecule has 0 radical (unpaired) electrons. The highest BCUT2D eigenvalue weighted by atomic mass is 32.2. The largest absolute Gasteiger partial charge is 0.478 e. The molecule has 5 nitrogen and oxygen atoms in total. The number of amides is 1. The van der Waals surface area contributed by atoms with Crippen molar-refractivity contribution >= 4 is 23.6 Å². The molecular formula is C15H20N2O3S. The Morgan fingerprint density at radius 3 is 2.57 bits per heavy atom. The van der Waals surface area contributed by atoms with E-state index in [0.717, 1.165) is 12.8 Å². The molecule has 0 saturated heterocycles. The van der Waals surface area contributed by atoms with Gasteiger partial charge in [-0.25, -0.2) is 4.79 Å². The van der Waals surface area contributed by atoms with E-state index in [4.69, 9.17) is 5.11 Å². The minimum Gasteiger partial charge on any atom is -0.478 e. The van der Waals surface area contributed by atoms with Crippen LogP contribution in [0.3, 0.4) is 0 Å². The van der Waals surface area contributed by atoms with Gasteiger partial charge in [0.05, 0.1) is 5.56 Å². The van der Waals surface area contributed by atoms with Crippen LogP contribution in [-0.4, -0.2) is 39.5 Å². The molecule has 2 rings (SSSR count). The maximum absolute atomic E-state index is 12.1. The van der Waals surface area contributed by atoms with E-state index in [9.17, 15) is 9.59 Å². The third-order valence-electron chi connectivity index (χ3n) is 4.01. The van der Waals surface area contributed by atoms with Crippen LogP contribution >= 0.6 is 11.8 Å². The molecule has 0 atom stereocenters. The van der Waals surface area contributed by atoms with Gasteiger partial charge >= 0.3 is 5.97 Å². The molecule has 0 unspecified atom stereocenters. The van der Waals surface area contributed by atoms with Crippen molar-refractivity contribution in [3.63, 3.8) is 0 Å². The topological polar surface area (TPSA) is 79.3 Å². The molecule has 21 heavy (non-hydrogen) atoms. The first-order chi connectivity index (χ1) is 10.1. The highest BCUT2D eigenvalue weighted by Gasteiger charge is 2.31. The van der Waals surface area contributed by atoms with Crippen LogP contribution in [0.25, 0.3) is 0 Å². The smallest absolute Gasteiger partial charge is 0.337 e. The van der Waals surface area contributed by atoms with Crippen molar-refractivity contribution in [3.05, 3.63) is 29.6 Å². The van der Waals surface area contributed by atoms with E-state index in [1.54, 1.807) is 0 Å². The molecule has 1 aliphatic carbocycles. The van der Waals surface area contributed by atoms with Crippen molar-refractivity contribution in [2.45, 2.75) is 36.9 Å². The predicted octanol–water partition coefficient (Wildman–Crippen LogP) is 2.58. The van der Waals surface area contributed by atoms with Crippen LogP contribution in [-0.2, 0) is 0 Å². The van der Waals surface area contributed by atoms with Gasteiger partial charge in [-0.2, -0.15) is 11.8 Å². The van der Waals surface area contributed by atoms with Crippen LogP contribution in [0.2, 0.25) is 0 Å². The van der Waals surface area contributed by atoms with Crippen LogP contribution in [0.1, 0.15) is 53.0 Å². The van der Waals surface area contributed by atoms with Gasteiger partial charge < -0.3 is 10.4 Å². The molecular weight excluding hydrogens is 288 g/mol. The summed E-state index contributed by atoms with van der Waals surface area (Å²) in [4.78, 5) is 26.8. The number of rotatable bonds is 5. The fourth-order valence-electron chi connectivity index (χ4n) is 2.64. The van der Waals surface area contributed by atoms with E-state index in [0.29, 0.717) is 6.54 Å². The fourth-order valence-corrected chi connectivity index (χ4v) is 3.55. The van der Waals surface area contributed by atoms with E-state index in [2.05, 4.69) is 16.6 Å². The average Bonchev–Trinajstić information content (AvgIpc) is 2.53. The second-order valence-electron chi connectivity index (χ2n) is 5.37. The van der Waals surface area contributed by atoms with Crippen molar-refractivity contribution in [1.82, 2.24) is 10.3 Å². The van der Waals surface area contributed by atoms with E-state index >= 15 is 0 Å². The number of thioether (sulfide) groups is 1. The Labute approximate surface area is 128 Å². The second-order valence-corrected chi connectivity index (χ2v) is 6.64. The van der Waals surface area contributed by atoms with Gasteiger partial charge in [0, 0.05) is 17.5 Å². The molecule has 0 spiro atoms. The molecule has 1 aliphatic rings. The second kappa shape index (κ2) is 6.93. The molecule has 1 saturated carbocycles. The zero-order valence-electron chi connectivity index (χ0n) is 12.1. The van der Waals surface area contributed by atoms with Gasteiger partial charge in [-0.3, -0.25) is 9.78 Å². The number of aromatic nitrogens is 1. The predicted molar refractivity (Wildman–Crippen MR) is 82.9 cm³/mol. The number of carbonyl (C=O) groups is 2. The third-order valence-corrected chi connectivity index (χ3v) is 5.43. The van der Waals surface area contributed by atoms with Gasteiger partial charge in [0.1, 0.15) is 5.69 Å². The van der Waals surface area contributed by atoms with E-state index < -0.39 is 5.97 Å². The average molecular weight is 308 g/mol. The van der Waals surface area contributed by atoms with Crippen LogP contribution in [0.15, 0.2) is 18.3 Å². The lowest BCUT2D eigenvalue weighted by molar-refractivity contribution is 0.0695. The summed E-state index contributed by atoms with van der Waals surface area (Å²) in [5.74, 6) is -1.29. The summed E-state index contributed by atoms with van der Waals surface area (Å²) in [5.41, 5.74) is 0.339. The zero-order valence-corrected chi connectivity index (χ0v) is 12.9. The van der Waals surface area contributed by atoms with Crippen LogP contribution in [0.5, 0.6) is 0 Å². The Balaban J connectivity index is 1.96. The SMILES string of the molecule is CSC1(CNC(=O)c2ccc(C(=O)O)cn2)CCCCC1. The Morgan fingerprint density at radius 1 is 1.33 bits per heavy atom. The fraction of sp³-hybridized carbons (Fsp3) is 0.533. The molecule has 114 valence electrons. The van der Waals surface area contributed by atoms with Crippen molar-refractivity contribution < 1.29 is 14.7 Å². The van der Waals surface area contributed by atoms with E-state index in [-0.39, 0.29) is 21.9 Å². The first-order valence-corrected chi connectivity index (χ1v) is 8.31. The van der Waals surface area contributed by atoms with Gasteiger partial charge in [0.2, 0.25) is 0 Å². The van der Waals surface area contributed by atoms with Crippen LogP contribution in [0, 0.1) is 0 Å². The first kappa shape index (κ1) is 15.8. The maximum atomic E-state index is 12.1. The normalized spacial score (nSPS) is 17.2. The molecule has 1 aromatic rings. The molecule has 1 amide bonds.